The van der Waals surface area contributed by atoms with E-state index in [0.717, 1.165) is 34.4 Å². The van der Waals surface area contributed by atoms with Gasteiger partial charge in [0, 0.05) is 23.5 Å². The molecule has 4 heteroatoms. The summed E-state index contributed by atoms with van der Waals surface area (Å²) in [6.45, 7) is 4.43. The quantitative estimate of drug-likeness (QED) is 0.730. The number of hydrogen-bond donors (Lipinski definition) is 1. The van der Waals surface area contributed by atoms with E-state index in [1.54, 1.807) is 0 Å². The smallest absolute Gasteiger partial charge is 0.142 e. The summed E-state index contributed by atoms with van der Waals surface area (Å²) in [5.41, 5.74) is 12.6. The summed E-state index contributed by atoms with van der Waals surface area (Å²) in [4.78, 5) is 8.88. The highest BCUT2D eigenvalue weighted by molar-refractivity contribution is 5.86. The summed E-state index contributed by atoms with van der Waals surface area (Å²) in [5, 5.41) is 9.71. The summed E-state index contributed by atoms with van der Waals surface area (Å²) in [6.07, 6.45) is 4.46. The third-order valence-electron chi connectivity index (χ3n) is 4.92. The van der Waals surface area contributed by atoms with Crippen molar-refractivity contribution in [3.05, 3.63) is 65.5 Å². The Labute approximate surface area is 147 Å². The average Bonchev–Trinajstić information content (AvgIpc) is 2.62. The molecule has 1 aromatic carbocycles. The molecule has 0 atom stereocenters. The van der Waals surface area contributed by atoms with Gasteiger partial charge >= 0.3 is 0 Å². The zero-order valence-electron chi connectivity index (χ0n) is 14.2. The van der Waals surface area contributed by atoms with Crippen molar-refractivity contribution in [1.29, 1.82) is 5.26 Å². The molecular formula is C21H18N4. The van der Waals surface area contributed by atoms with Gasteiger partial charge < -0.3 is 5.73 Å². The van der Waals surface area contributed by atoms with E-state index >= 15 is 0 Å². The van der Waals surface area contributed by atoms with Gasteiger partial charge in [0.1, 0.15) is 17.5 Å². The van der Waals surface area contributed by atoms with Crippen molar-refractivity contribution in [3.63, 3.8) is 0 Å². The van der Waals surface area contributed by atoms with E-state index in [4.69, 9.17) is 5.73 Å². The summed E-state index contributed by atoms with van der Waals surface area (Å²) in [5.74, 6) is 0.273. The van der Waals surface area contributed by atoms with Crippen LogP contribution in [0.4, 0.5) is 5.82 Å². The van der Waals surface area contributed by atoms with E-state index in [2.05, 4.69) is 36.0 Å². The van der Waals surface area contributed by atoms with Crippen molar-refractivity contribution in [2.45, 2.75) is 25.7 Å². The Morgan fingerprint density at radius 3 is 2.64 bits per heavy atom. The molecule has 0 saturated carbocycles. The molecule has 4 nitrogen and oxygen atoms in total. The topological polar surface area (TPSA) is 75.6 Å². The van der Waals surface area contributed by atoms with Crippen LogP contribution in [0.15, 0.2) is 48.8 Å². The standard InChI is InChI=1S/C21H18N4/c1-21(2)10-14-18(13-6-4-3-5-7-13)15(11-22)20(23)25-19(14)16-12-24-9-8-17(16)21/h3-9,12H,10H2,1-2H3,(H2,23,25). The number of aromatic nitrogens is 2. The molecule has 4 rings (SSSR count). The Kier molecular flexibility index (Phi) is 3.33. The minimum atomic E-state index is -0.0701. The van der Waals surface area contributed by atoms with E-state index < -0.39 is 0 Å². The second kappa shape index (κ2) is 5.42. The van der Waals surface area contributed by atoms with Crippen LogP contribution in [0.1, 0.15) is 30.5 Å². The van der Waals surface area contributed by atoms with Crippen molar-refractivity contribution in [3.8, 4) is 28.5 Å². The number of fused-ring (bicyclic) bond motifs is 3. The SMILES string of the molecule is CC1(C)Cc2c(nc(N)c(C#N)c2-c2ccccc2)-c2cnccc21. The van der Waals surface area contributed by atoms with E-state index in [0.29, 0.717) is 5.56 Å². The molecule has 0 spiro atoms. The van der Waals surface area contributed by atoms with Gasteiger partial charge in [-0.15, -0.1) is 0 Å². The van der Waals surface area contributed by atoms with Gasteiger partial charge in [-0.2, -0.15) is 5.26 Å². The number of nitrogens with two attached hydrogens (primary N) is 1. The molecule has 2 heterocycles. The number of nitriles is 1. The molecule has 0 aliphatic heterocycles. The van der Waals surface area contributed by atoms with Crippen LogP contribution in [0.5, 0.6) is 0 Å². The van der Waals surface area contributed by atoms with Crippen LogP contribution in [0.3, 0.4) is 0 Å². The number of nitrogens with zero attached hydrogens (tertiary/aromatic N) is 3. The molecule has 2 N–H and O–H groups in total. The fourth-order valence-corrected chi connectivity index (χ4v) is 3.78. The monoisotopic (exact) mass is 326 g/mol. The molecule has 1 aliphatic rings. The van der Waals surface area contributed by atoms with Gasteiger partial charge in [-0.05, 0) is 34.6 Å². The Hall–Kier alpha value is -3.19. The minimum absolute atomic E-state index is 0.0701. The van der Waals surface area contributed by atoms with Crippen LogP contribution < -0.4 is 5.73 Å². The first-order chi connectivity index (χ1) is 12.0. The second-order valence-corrected chi connectivity index (χ2v) is 7.03. The second-order valence-electron chi connectivity index (χ2n) is 7.03. The van der Waals surface area contributed by atoms with Gasteiger partial charge in [0.2, 0.25) is 0 Å². The molecule has 1 aliphatic carbocycles. The van der Waals surface area contributed by atoms with Crippen molar-refractivity contribution in [1.82, 2.24) is 9.97 Å². The number of anilines is 1. The Balaban J connectivity index is 2.13. The third kappa shape index (κ3) is 2.28. The molecule has 122 valence electrons. The number of hydrogen-bond acceptors (Lipinski definition) is 4. The van der Waals surface area contributed by atoms with Crippen molar-refractivity contribution in [2.75, 3.05) is 5.73 Å². The van der Waals surface area contributed by atoms with Crippen molar-refractivity contribution >= 4 is 5.82 Å². The van der Waals surface area contributed by atoms with Crippen molar-refractivity contribution < 1.29 is 0 Å². The van der Waals surface area contributed by atoms with Gasteiger partial charge in [-0.25, -0.2) is 4.98 Å². The predicted octanol–water partition coefficient (Wildman–Crippen LogP) is 4.10. The lowest BCUT2D eigenvalue weighted by molar-refractivity contribution is 0.515. The fraction of sp³-hybridized carbons (Fsp3) is 0.190. The van der Waals surface area contributed by atoms with Crippen LogP contribution in [0.25, 0.3) is 22.4 Å². The van der Waals surface area contributed by atoms with E-state index in [1.165, 1.54) is 5.56 Å². The first-order valence-corrected chi connectivity index (χ1v) is 8.25. The van der Waals surface area contributed by atoms with Crippen molar-refractivity contribution in [2.24, 2.45) is 0 Å². The zero-order chi connectivity index (χ0) is 17.6. The van der Waals surface area contributed by atoms with E-state index in [-0.39, 0.29) is 11.2 Å². The number of nitrogen functional groups attached to an aromatic ring is 1. The van der Waals surface area contributed by atoms with Gasteiger partial charge in [-0.3, -0.25) is 4.98 Å². The molecule has 0 bridgehead atoms. The zero-order valence-corrected chi connectivity index (χ0v) is 14.2. The minimum Gasteiger partial charge on any atom is -0.383 e. The largest absolute Gasteiger partial charge is 0.383 e. The van der Waals surface area contributed by atoms with Gasteiger partial charge in [0.25, 0.3) is 0 Å². The molecule has 0 saturated heterocycles. The molecule has 0 unspecified atom stereocenters. The molecule has 25 heavy (non-hydrogen) atoms. The molecule has 3 aromatic rings. The summed E-state index contributed by atoms with van der Waals surface area (Å²) < 4.78 is 0. The maximum Gasteiger partial charge on any atom is 0.142 e. The fourth-order valence-electron chi connectivity index (χ4n) is 3.78. The third-order valence-corrected chi connectivity index (χ3v) is 4.92. The molecule has 0 radical (unpaired) electrons. The Morgan fingerprint density at radius 1 is 1.16 bits per heavy atom. The Bertz CT molecular complexity index is 1010. The number of rotatable bonds is 1. The van der Waals surface area contributed by atoms with Crippen LogP contribution >= 0.6 is 0 Å². The molecule has 0 amide bonds. The van der Waals surface area contributed by atoms with Gasteiger partial charge in [0.05, 0.1) is 5.69 Å². The number of benzene rings is 1. The lowest BCUT2D eigenvalue weighted by Crippen LogP contribution is -2.27. The molecule has 0 fully saturated rings. The van der Waals surface area contributed by atoms with Crippen LogP contribution in [-0.2, 0) is 11.8 Å². The summed E-state index contributed by atoms with van der Waals surface area (Å²) >= 11 is 0. The number of pyridine rings is 2. The highest BCUT2D eigenvalue weighted by atomic mass is 14.9. The summed E-state index contributed by atoms with van der Waals surface area (Å²) in [7, 11) is 0. The lowest BCUT2D eigenvalue weighted by atomic mass is 9.70. The van der Waals surface area contributed by atoms with Crippen LogP contribution in [0, 0.1) is 11.3 Å². The van der Waals surface area contributed by atoms with E-state index in [1.807, 2.05) is 42.7 Å². The van der Waals surface area contributed by atoms with Crippen LogP contribution in [0.2, 0.25) is 0 Å². The van der Waals surface area contributed by atoms with E-state index in [9.17, 15) is 5.26 Å². The molecular weight excluding hydrogens is 308 g/mol. The summed E-state index contributed by atoms with van der Waals surface area (Å²) in [6, 6.07) is 14.3. The van der Waals surface area contributed by atoms with Gasteiger partial charge in [-0.1, -0.05) is 44.2 Å². The average molecular weight is 326 g/mol. The first kappa shape index (κ1) is 15.3. The lowest BCUT2D eigenvalue weighted by Gasteiger charge is -2.34. The maximum absolute atomic E-state index is 9.71. The highest BCUT2D eigenvalue weighted by Crippen LogP contribution is 2.46. The van der Waals surface area contributed by atoms with Crippen LogP contribution in [-0.4, -0.2) is 9.97 Å². The Morgan fingerprint density at radius 2 is 1.92 bits per heavy atom. The normalized spacial score (nSPS) is 14.3. The highest BCUT2D eigenvalue weighted by Gasteiger charge is 2.35. The first-order valence-electron chi connectivity index (χ1n) is 8.25. The van der Waals surface area contributed by atoms with Gasteiger partial charge in [0.15, 0.2) is 0 Å². The predicted molar refractivity (Wildman–Crippen MR) is 98.8 cm³/mol. The maximum atomic E-state index is 9.71. The molecule has 2 aromatic heterocycles.